The van der Waals surface area contributed by atoms with E-state index < -0.39 is 36.0 Å². The third kappa shape index (κ3) is 6.20. The lowest BCUT2D eigenvalue weighted by Crippen LogP contribution is -2.20. The Kier molecular flexibility index (Phi) is 7.80. The molecule has 0 amide bonds. The van der Waals surface area contributed by atoms with Gasteiger partial charge in [-0.3, -0.25) is 9.59 Å². The number of carbonyl (C=O) groups is 4. The normalized spacial score (nSPS) is 12.1. The van der Waals surface area contributed by atoms with Crippen molar-refractivity contribution >= 4 is 23.9 Å². The summed E-state index contributed by atoms with van der Waals surface area (Å²) in [7, 11) is 0. The van der Waals surface area contributed by atoms with Crippen LogP contribution in [0.2, 0.25) is 0 Å². The van der Waals surface area contributed by atoms with Crippen molar-refractivity contribution in [1.29, 1.82) is 0 Å². The molecule has 0 aromatic heterocycles. The molecule has 2 atom stereocenters. The molecule has 2 rings (SSSR count). The molecular formula is C18H18N2O8. The van der Waals surface area contributed by atoms with Crippen LogP contribution in [0, 0.1) is 0 Å². The molecule has 28 heavy (non-hydrogen) atoms. The number of benzene rings is 2. The van der Waals surface area contributed by atoms with Crippen molar-refractivity contribution in [2.75, 3.05) is 0 Å². The van der Waals surface area contributed by atoms with E-state index in [1.807, 2.05) is 0 Å². The molecule has 8 N–H and O–H groups in total. The van der Waals surface area contributed by atoms with E-state index in [2.05, 4.69) is 0 Å². The minimum Gasteiger partial charge on any atom is -0.480 e. The van der Waals surface area contributed by atoms with E-state index in [4.69, 9.17) is 31.9 Å². The van der Waals surface area contributed by atoms with Crippen LogP contribution < -0.4 is 11.5 Å². The molecule has 0 saturated heterocycles. The Bertz CT molecular complexity index is 789. The summed E-state index contributed by atoms with van der Waals surface area (Å²) in [6.45, 7) is 0. The van der Waals surface area contributed by atoms with Crippen LogP contribution in [0.1, 0.15) is 43.9 Å². The average Bonchev–Trinajstić information content (AvgIpc) is 2.67. The van der Waals surface area contributed by atoms with Gasteiger partial charge in [-0.25, -0.2) is 9.59 Å². The summed E-state index contributed by atoms with van der Waals surface area (Å²) in [5, 5.41) is 34.3. The lowest BCUT2D eigenvalue weighted by Gasteiger charge is -2.06. The number of rotatable bonds is 6. The second-order valence-electron chi connectivity index (χ2n) is 5.49. The summed E-state index contributed by atoms with van der Waals surface area (Å²) >= 11 is 0. The fourth-order valence-electron chi connectivity index (χ4n) is 1.95. The number of aromatic carboxylic acids is 2. The molecular weight excluding hydrogens is 372 g/mol. The standard InChI is InChI=1S/2C9H9NO4/c2*10-7(9(13)14)5-1-3-6(4-2-5)8(11)12/h2*1-4,7H,10H2,(H,11,12)(H,13,14)/t2*7-/m11/s1. The maximum atomic E-state index is 10.5. The molecule has 0 aliphatic heterocycles. The van der Waals surface area contributed by atoms with Gasteiger partial charge in [-0.05, 0) is 35.4 Å². The van der Waals surface area contributed by atoms with Crippen molar-refractivity contribution in [3.8, 4) is 0 Å². The number of hydrogen-bond donors (Lipinski definition) is 6. The van der Waals surface area contributed by atoms with E-state index in [0.29, 0.717) is 11.1 Å². The van der Waals surface area contributed by atoms with E-state index in [1.165, 1.54) is 48.5 Å². The van der Waals surface area contributed by atoms with Crippen molar-refractivity contribution in [2.45, 2.75) is 12.1 Å². The summed E-state index contributed by atoms with van der Waals surface area (Å²) in [5.41, 5.74) is 11.6. The number of carboxylic acids is 4. The van der Waals surface area contributed by atoms with Gasteiger partial charge in [0, 0.05) is 0 Å². The topological polar surface area (TPSA) is 201 Å². The zero-order chi connectivity index (χ0) is 21.4. The van der Waals surface area contributed by atoms with Crippen LogP contribution in [0.5, 0.6) is 0 Å². The summed E-state index contributed by atoms with van der Waals surface area (Å²) in [6.07, 6.45) is 0. The Morgan fingerprint density at radius 2 is 0.821 bits per heavy atom. The maximum Gasteiger partial charge on any atom is 0.335 e. The summed E-state index contributed by atoms with van der Waals surface area (Å²) in [4.78, 5) is 41.9. The summed E-state index contributed by atoms with van der Waals surface area (Å²) in [5.74, 6) is -4.40. The molecule has 10 nitrogen and oxygen atoms in total. The fourth-order valence-corrected chi connectivity index (χ4v) is 1.95. The first-order chi connectivity index (χ1) is 13.0. The molecule has 0 bridgehead atoms. The number of carboxylic acid groups (broad SMARTS) is 4. The Morgan fingerprint density at radius 3 is 1.00 bits per heavy atom. The molecule has 0 fully saturated rings. The van der Waals surface area contributed by atoms with Crippen LogP contribution in [0.25, 0.3) is 0 Å². The Labute approximate surface area is 158 Å². The molecule has 2 aromatic carbocycles. The van der Waals surface area contributed by atoms with Crippen molar-refractivity contribution in [3.05, 3.63) is 70.8 Å². The van der Waals surface area contributed by atoms with Gasteiger partial charge in [-0.2, -0.15) is 0 Å². The maximum absolute atomic E-state index is 10.5. The predicted octanol–water partition coefficient (Wildman–Crippen LogP) is 0.938. The first kappa shape index (κ1) is 22.3. The lowest BCUT2D eigenvalue weighted by molar-refractivity contribution is -0.139. The first-order valence-electron chi connectivity index (χ1n) is 7.68. The van der Waals surface area contributed by atoms with Crippen LogP contribution in [0.3, 0.4) is 0 Å². The minimum absolute atomic E-state index is 0.103. The molecule has 0 aliphatic carbocycles. The van der Waals surface area contributed by atoms with Gasteiger partial charge in [-0.15, -0.1) is 0 Å². The van der Waals surface area contributed by atoms with Crippen LogP contribution in [0.15, 0.2) is 48.5 Å². The zero-order valence-corrected chi connectivity index (χ0v) is 14.4. The Morgan fingerprint density at radius 1 is 0.571 bits per heavy atom. The van der Waals surface area contributed by atoms with Gasteiger partial charge < -0.3 is 31.9 Å². The first-order valence-corrected chi connectivity index (χ1v) is 7.68. The third-order valence-electron chi connectivity index (χ3n) is 3.57. The SMILES string of the molecule is N[C@@H](C(=O)O)c1ccc(C(=O)O)cc1.N[C@@H](C(=O)O)c1ccc(C(=O)O)cc1. The predicted molar refractivity (Wildman–Crippen MR) is 95.9 cm³/mol. The smallest absolute Gasteiger partial charge is 0.335 e. The van der Waals surface area contributed by atoms with Gasteiger partial charge in [0.25, 0.3) is 0 Å². The molecule has 0 unspecified atom stereocenters. The van der Waals surface area contributed by atoms with Crippen LogP contribution >= 0.6 is 0 Å². The molecule has 0 heterocycles. The molecule has 148 valence electrons. The molecule has 0 spiro atoms. The average molecular weight is 390 g/mol. The van der Waals surface area contributed by atoms with Crippen LogP contribution in [-0.2, 0) is 9.59 Å². The second-order valence-corrected chi connectivity index (χ2v) is 5.49. The fraction of sp³-hybridized carbons (Fsp3) is 0.111. The Balaban J connectivity index is 0.000000280. The summed E-state index contributed by atoms with van der Waals surface area (Å²) < 4.78 is 0. The highest BCUT2D eigenvalue weighted by Gasteiger charge is 2.15. The van der Waals surface area contributed by atoms with Crippen LogP contribution in [0.4, 0.5) is 0 Å². The molecule has 2 aromatic rings. The molecule has 0 saturated carbocycles. The van der Waals surface area contributed by atoms with Gasteiger partial charge in [0.15, 0.2) is 0 Å². The highest BCUT2D eigenvalue weighted by atomic mass is 16.4. The zero-order valence-electron chi connectivity index (χ0n) is 14.4. The van der Waals surface area contributed by atoms with E-state index in [0.717, 1.165) is 0 Å². The van der Waals surface area contributed by atoms with Crippen molar-refractivity contribution in [2.24, 2.45) is 11.5 Å². The van der Waals surface area contributed by atoms with E-state index >= 15 is 0 Å². The molecule has 0 aliphatic rings. The van der Waals surface area contributed by atoms with Crippen molar-refractivity contribution in [3.63, 3.8) is 0 Å². The summed E-state index contributed by atoms with van der Waals surface area (Å²) in [6, 6.07) is 8.62. The van der Waals surface area contributed by atoms with Gasteiger partial charge in [0.05, 0.1) is 11.1 Å². The second kappa shape index (κ2) is 9.80. The van der Waals surface area contributed by atoms with Gasteiger partial charge in [0.2, 0.25) is 0 Å². The van der Waals surface area contributed by atoms with Crippen molar-refractivity contribution in [1.82, 2.24) is 0 Å². The highest BCUT2D eigenvalue weighted by molar-refractivity contribution is 5.88. The van der Waals surface area contributed by atoms with Crippen molar-refractivity contribution < 1.29 is 39.6 Å². The quantitative estimate of drug-likeness (QED) is 0.412. The van der Waals surface area contributed by atoms with E-state index in [-0.39, 0.29) is 11.1 Å². The van der Waals surface area contributed by atoms with Gasteiger partial charge >= 0.3 is 23.9 Å². The third-order valence-corrected chi connectivity index (χ3v) is 3.57. The molecule has 0 radical (unpaired) electrons. The minimum atomic E-state index is -1.15. The van der Waals surface area contributed by atoms with E-state index in [9.17, 15) is 19.2 Å². The van der Waals surface area contributed by atoms with Crippen LogP contribution in [-0.4, -0.2) is 44.3 Å². The Hall–Kier alpha value is -3.76. The number of hydrogen-bond acceptors (Lipinski definition) is 6. The van der Waals surface area contributed by atoms with Gasteiger partial charge in [0.1, 0.15) is 12.1 Å². The lowest BCUT2D eigenvalue weighted by atomic mass is 10.1. The van der Waals surface area contributed by atoms with Gasteiger partial charge in [-0.1, -0.05) is 24.3 Å². The van der Waals surface area contributed by atoms with E-state index in [1.54, 1.807) is 0 Å². The number of nitrogens with two attached hydrogens (primary N) is 2. The monoisotopic (exact) mass is 390 g/mol. The highest BCUT2D eigenvalue weighted by Crippen LogP contribution is 2.12. The largest absolute Gasteiger partial charge is 0.480 e. The number of aliphatic carboxylic acids is 2. The molecule has 10 heteroatoms.